The number of nitrogens with zero attached hydrogens (tertiary/aromatic N) is 1. The van der Waals surface area contributed by atoms with E-state index in [1.54, 1.807) is 12.3 Å². The molecule has 0 unspecified atom stereocenters. The van der Waals surface area contributed by atoms with Gasteiger partial charge in [-0.3, -0.25) is 4.79 Å². The second-order valence-corrected chi connectivity index (χ2v) is 7.29. The summed E-state index contributed by atoms with van der Waals surface area (Å²) in [5, 5.41) is 7.67. The smallest absolute Gasteiger partial charge is 0.270 e. The molecule has 0 bridgehead atoms. The molecule has 4 rings (SSSR count). The molecule has 1 amide bonds. The van der Waals surface area contributed by atoms with Crippen LogP contribution in [0.15, 0.2) is 71.3 Å². The number of benzene rings is 2. The van der Waals surface area contributed by atoms with Crippen LogP contribution in [-0.2, 0) is 0 Å². The number of hydrogen-bond donors (Lipinski definition) is 2. The third-order valence-electron chi connectivity index (χ3n) is 4.76. The number of carbonyl (C=O) groups is 1. The van der Waals surface area contributed by atoms with Crippen LogP contribution in [0, 0.1) is 6.92 Å². The highest BCUT2D eigenvalue weighted by Gasteiger charge is 2.17. The number of amides is 1. The number of anilines is 2. The standard InChI is InChI=1S/C23H20ClN3O2/c1-14-8-9-17(12-19(14)24)26-22-18-10-11-29-21(18)13-20(27-22)23(28)25-15(2)16-6-4-3-5-7-16/h3-13,15H,1-2H3,(H,25,28)(H,26,27)/t15-/m1/s1. The minimum atomic E-state index is -0.273. The summed E-state index contributed by atoms with van der Waals surface area (Å²) in [5.41, 5.74) is 3.65. The number of fused-ring (bicyclic) bond motifs is 1. The molecule has 2 aromatic heterocycles. The summed E-state index contributed by atoms with van der Waals surface area (Å²) in [4.78, 5) is 17.4. The Morgan fingerprint density at radius 1 is 1.10 bits per heavy atom. The van der Waals surface area contributed by atoms with Gasteiger partial charge in [0.2, 0.25) is 0 Å². The number of carbonyl (C=O) groups excluding carboxylic acids is 1. The van der Waals surface area contributed by atoms with Gasteiger partial charge in [-0.15, -0.1) is 0 Å². The van der Waals surface area contributed by atoms with E-state index in [9.17, 15) is 4.79 Å². The molecule has 0 aliphatic rings. The summed E-state index contributed by atoms with van der Waals surface area (Å²) in [6, 6.07) is 18.8. The highest BCUT2D eigenvalue weighted by atomic mass is 35.5. The number of rotatable bonds is 5. The molecule has 6 heteroatoms. The van der Waals surface area contributed by atoms with Crippen molar-refractivity contribution in [3.8, 4) is 0 Å². The minimum absolute atomic E-state index is 0.148. The first kappa shape index (κ1) is 19.0. The molecule has 0 aliphatic heterocycles. The van der Waals surface area contributed by atoms with Crippen LogP contribution in [0.4, 0.5) is 11.5 Å². The predicted molar refractivity (Wildman–Crippen MR) is 116 cm³/mol. The van der Waals surface area contributed by atoms with Gasteiger partial charge >= 0.3 is 0 Å². The zero-order valence-corrected chi connectivity index (χ0v) is 16.8. The van der Waals surface area contributed by atoms with Crippen molar-refractivity contribution in [1.29, 1.82) is 0 Å². The van der Waals surface area contributed by atoms with Gasteiger partial charge < -0.3 is 15.1 Å². The van der Waals surface area contributed by atoms with Crippen molar-refractivity contribution >= 4 is 40.0 Å². The van der Waals surface area contributed by atoms with Crippen LogP contribution in [0.2, 0.25) is 5.02 Å². The number of pyridine rings is 1. The molecule has 0 saturated heterocycles. The summed E-state index contributed by atoms with van der Waals surface area (Å²) >= 11 is 6.23. The molecule has 0 saturated carbocycles. The lowest BCUT2D eigenvalue weighted by molar-refractivity contribution is 0.0935. The number of aryl methyl sites for hydroxylation is 1. The van der Waals surface area contributed by atoms with Crippen LogP contribution in [0.3, 0.4) is 0 Å². The molecule has 0 aliphatic carbocycles. The van der Waals surface area contributed by atoms with Crippen molar-refractivity contribution in [2.45, 2.75) is 19.9 Å². The largest absolute Gasteiger partial charge is 0.464 e. The van der Waals surface area contributed by atoms with Gasteiger partial charge in [0.15, 0.2) is 0 Å². The molecule has 2 heterocycles. The van der Waals surface area contributed by atoms with E-state index in [1.807, 2.05) is 68.4 Å². The van der Waals surface area contributed by atoms with Gasteiger partial charge in [-0.25, -0.2) is 4.98 Å². The van der Waals surface area contributed by atoms with E-state index < -0.39 is 0 Å². The summed E-state index contributed by atoms with van der Waals surface area (Å²) < 4.78 is 5.53. The van der Waals surface area contributed by atoms with Crippen molar-refractivity contribution in [3.63, 3.8) is 0 Å². The Kier molecular flexibility index (Phi) is 5.23. The maximum Gasteiger partial charge on any atom is 0.270 e. The van der Waals surface area contributed by atoms with Gasteiger partial charge in [0.05, 0.1) is 17.7 Å². The number of hydrogen-bond acceptors (Lipinski definition) is 4. The van der Waals surface area contributed by atoms with Gasteiger partial charge in [0.1, 0.15) is 17.1 Å². The zero-order chi connectivity index (χ0) is 20.4. The molecule has 0 spiro atoms. The van der Waals surface area contributed by atoms with Crippen molar-refractivity contribution in [2.75, 3.05) is 5.32 Å². The van der Waals surface area contributed by atoms with E-state index in [1.165, 1.54) is 0 Å². The number of furan rings is 1. The maximum atomic E-state index is 12.8. The molecule has 29 heavy (non-hydrogen) atoms. The van der Waals surface area contributed by atoms with Gasteiger partial charge in [-0.1, -0.05) is 48.0 Å². The number of aromatic nitrogens is 1. The Labute approximate surface area is 173 Å². The predicted octanol–water partition coefficient (Wildman–Crippen LogP) is 6.02. The summed E-state index contributed by atoms with van der Waals surface area (Å²) in [6.07, 6.45) is 1.58. The quantitative estimate of drug-likeness (QED) is 0.425. The van der Waals surface area contributed by atoms with Gasteiger partial charge in [-0.2, -0.15) is 0 Å². The fraction of sp³-hybridized carbons (Fsp3) is 0.130. The highest BCUT2D eigenvalue weighted by molar-refractivity contribution is 6.31. The summed E-state index contributed by atoms with van der Waals surface area (Å²) in [6.45, 7) is 3.88. The summed E-state index contributed by atoms with van der Waals surface area (Å²) in [5.74, 6) is 0.262. The van der Waals surface area contributed by atoms with E-state index >= 15 is 0 Å². The molecule has 2 aromatic carbocycles. The van der Waals surface area contributed by atoms with Crippen LogP contribution >= 0.6 is 11.6 Å². The molecule has 0 radical (unpaired) electrons. The second kappa shape index (κ2) is 7.97. The third-order valence-corrected chi connectivity index (χ3v) is 5.17. The Morgan fingerprint density at radius 2 is 1.90 bits per heavy atom. The fourth-order valence-corrected chi connectivity index (χ4v) is 3.26. The normalized spacial score (nSPS) is 12.0. The Morgan fingerprint density at radius 3 is 2.66 bits per heavy atom. The molecule has 146 valence electrons. The molecular formula is C23H20ClN3O2. The molecule has 1 atom stereocenters. The third kappa shape index (κ3) is 4.10. The molecule has 5 nitrogen and oxygen atoms in total. The Bertz CT molecular complexity index is 1170. The van der Waals surface area contributed by atoms with Crippen molar-refractivity contribution in [1.82, 2.24) is 10.3 Å². The number of halogens is 1. The first-order chi connectivity index (χ1) is 14.0. The van der Waals surface area contributed by atoms with E-state index in [0.29, 0.717) is 16.4 Å². The van der Waals surface area contributed by atoms with Crippen molar-refractivity contribution < 1.29 is 9.21 Å². The first-order valence-electron chi connectivity index (χ1n) is 9.28. The lowest BCUT2D eigenvalue weighted by Crippen LogP contribution is -2.27. The van der Waals surface area contributed by atoms with Crippen LogP contribution < -0.4 is 10.6 Å². The zero-order valence-electron chi connectivity index (χ0n) is 16.1. The minimum Gasteiger partial charge on any atom is -0.464 e. The van der Waals surface area contributed by atoms with E-state index in [-0.39, 0.29) is 17.6 Å². The van der Waals surface area contributed by atoms with E-state index in [4.69, 9.17) is 16.0 Å². The SMILES string of the molecule is Cc1ccc(Nc2nc(C(=O)N[C@H](C)c3ccccc3)cc3occc23)cc1Cl. The lowest BCUT2D eigenvalue weighted by atomic mass is 10.1. The van der Waals surface area contributed by atoms with Crippen LogP contribution in [-0.4, -0.2) is 10.9 Å². The topological polar surface area (TPSA) is 67.2 Å². The van der Waals surface area contributed by atoms with Crippen LogP contribution in [0.5, 0.6) is 0 Å². The second-order valence-electron chi connectivity index (χ2n) is 6.88. The Balaban J connectivity index is 1.63. The average Bonchev–Trinajstić information content (AvgIpc) is 3.20. The Hall–Kier alpha value is -3.31. The summed E-state index contributed by atoms with van der Waals surface area (Å²) in [7, 11) is 0. The fourth-order valence-electron chi connectivity index (χ4n) is 3.08. The molecule has 4 aromatic rings. The van der Waals surface area contributed by atoms with Crippen LogP contribution in [0.1, 0.15) is 34.6 Å². The number of nitrogens with one attached hydrogen (secondary N) is 2. The van der Waals surface area contributed by atoms with E-state index in [2.05, 4.69) is 15.6 Å². The van der Waals surface area contributed by atoms with Crippen molar-refractivity contribution in [2.24, 2.45) is 0 Å². The monoisotopic (exact) mass is 405 g/mol. The van der Waals surface area contributed by atoms with Crippen LogP contribution in [0.25, 0.3) is 11.0 Å². The highest BCUT2D eigenvalue weighted by Crippen LogP contribution is 2.28. The van der Waals surface area contributed by atoms with Crippen molar-refractivity contribution in [3.05, 3.63) is 88.8 Å². The first-order valence-corrected chi connectivity index (χ1v) is 9.66. The molecule has 2 N–H and O–H groups in total. The van der Waals surface area contributed by atoms with Gasteiger partial charge in [-0.05, 0) is 43.2 Å². The van der Waals surface area contributed by atoms with Gasteiger partial charge in [0, 0.05) is 16.8 Å². The molecular weight excluding hydrogens is 386 g/mol. The van der Waals surface area contributed by atoms with E-state index in [0.717, 1.165) is 22.2 Å². The lowest BCUT2D eigenvalue weighted by Gasteiger charge is -2.15. The molecule has 0 fully saturated rings. The average molecular weight is 406 g/mol. The van der Waals surface area contributed by atoms with Gasteiger partial charge in [0.25, 0.3) is 5.91 Å². The maximum absolute atomic E-state index is 12.8.